The summed E-state index contributed by atoms with van der Waals surface area (Å²) in [5, 5.41) is 0. The standard InChI is InChI=1S/C18H23N5O3S/c1-2-8-21-27(25,26)16-6-4-15(5-7-16)17(24)22-11-13-23(14-12-22)18-19-9-3-10-20-18/h3-7,9-10,21H,2,8,11-14H2,1H3. The molecule has 1 aromatic carbocycles. The Hall–Kier alpha value is -2.52. The first-order valence-corrected chi connectivity index (χ1v) is 10.4. The summed E-state index contributed by atoms with van der Waals surface area (Å²) in [7, 11) is -3.52. The van der Waals surface area contributed by atoms with Crippen LogP contribution in [0.1, 0.15) is 23.7 Å². The van der Waals surface area contributed by atoms with Gasteiger partial charge in [-0.15, -0.1) is 0 Å². The molecule has 1 aliphatic rings. The van der Waals surface area contributed by atoms with Crippen LogP contribution in [0.15, 0.2) is 47.6 Å². The summed E-state index contributed by atoms with van der Waals surface area (Å²) >= 11 is 0. The van der Waals surface area contributed by atoms with E-state index >= 15 is 0 Å². The van der Waals surface area contributed by atoms with E-state index in [0.717, 1.165) is 6.42 Å². The van der Waals surface area contributed by atoms with Gasteiger partial charge in [0.05, 0.1) is 4.90 Å². The smallest absolute Gasteiger partial charge is 0.253 e. The molecule has 144 valence electrons. The van der Waals surface area contributed by atoms with Crippen molar-refractivity contribution >= 4 is 21.9 Å². The second-order valence-electron chi connectivity index (χ2n) is 6.25. The van der Waals surface area contributed by atoms with Crippen LogP contribution in [-0.4, -0.2) is 61.9 Å². The van der Waals surface area contributed by atoms with Gasteiger partial charge in [0.1, 0.15) is 0 Å². The van der Waals surface area contributed by atoms with Crippen molar-refractivity contribution in [3.63, 3.8) is 0 Å². The average molecular weight is 389 g/mol. The quantitative estimate of drug-likeness (QED) is 0.796. The molecule has 0 radical (unpaired) electrons. The number of aromatic nitrogens is 2. The van der Waals surface area contributed by atoms with E-state index in [1.54, 1.807) is 35.5 Å². The third-order valence-corrected chi connectivity index (χ3v) is 5.83. The fraction of sp³-hybridized carbons (Fsp3) is 0.389. The summed E-state index contributed by atoms with van der Waals surface area (Å²) in [4.78, 5) is 25.1. The molecule has 2 aromatic rings. The highest BCUT2D eigenvalue weighted by atomic mass is 32.2. The summed E-state index contributed by atoms with van der Waals surface area (Å²) in [6.45, 7) is 4.73. The van der Waals surface area contributed by atoms with Crippen LogP contribution in [0.3, 0.4) is 0 Å². The Morgan fingerprint density at radius 3 is 2.30 bits per heavy atom. The van der Waals surface area contributed by atoms with Gasteiger partial charge in [-0.1, -0.05) is 6.92 Å². The Morgan fingerprint density at radius 1 is 1.07 bits per heavy atom. The molecule has 0 aliphatic carbocycles. The van der Waals surface area contributed by atoms with Gasteiger partial charge in [0.15, 0.2) is 0 Å². The zero-order chi connectivity index (χ0) is 19.3. The van der Waals surface area contributed by atoms with E-state index in [-0.39, 0.29) is 10.8 Å². The summed E-state index contributed by atoms with van der Waals surface area (Å²) in [5.41, 5.74) is 0.480. The van der Waals surface area contributed by atoms with E-state index in [2.05, 4.69) is 14.7 Å². The van der Waals surface area contributed by atoms with Gasteiger partial charge in [-0.3, -0.25) is 4.79 Å². The van der Waals surface area contributed by atoms with Crippen LogP contribution >= 0.6 is 0 Å². The number of nitrogens with zero attached hydrogens (tertiary/aromatic N) is 4. The van der Waals surface area contributed by atoms with Crippen molar-refractivity contribution in [3.05, 3.63) is 48.3 Å². The molecule has 1 saturated heterocycles. The average Bonchev–Trinajstić information content (AvgIpc) is 2.72. The Balaban J connectivity index is 1.62. The molecule has 2 heterocycles. The van der Waals surface area contributed by atoms with Gasteiger partial charge in [0.2, 0.25) is 16.0 Å². The molecule has 0 saturated carbocycles. The van der Waals surface area contributed by atoms with E-state index in [4.69, 9.17) is 0 Å². The van der Waals surface area contributed by atoms with Gasteiger partial charge in [-0.05, 0) is 36.8 Å². The highest BCUT2D eigenvalue weighted by Crippen LogP contribution is 2.15. The number of benzene rings is 1. The molecule has 3 rings (SSSR count). The van der Waals surface area contributed by atoms with Gasteiger partial charge in [0, 0.05) is 50.7 Å². The maximum atomic E-state index is 12.7. The first kappa shape index (κ1) is 19.2. The van der Waals surface area contributed by atoms with E-state index in [1.165, 1.54) is 12.1 Å². The Morgan fingerprint density at radius 2 is 1.70 bits per heavy atom. The second-order valence-corrected chi connectivity index (χ2v) is 8.02. The largest absolute Gasteiger partial charge is 0.337 e. The monoisotopic (exact) mass is 389 g/mol. The van der Waals surface area contributed by atoms with Crippen molar-refractivity contribution < 1.29 is 13.2 Å². The van der Waals surface area contributed by atoms with Crippen LogP contribution in [-0.2, 0) is 10.0 Å². The van der Waals surface area contributed by atoms with Crippen LogP contribution in [0.2, 0.25) is 0 Å². The van der Waals surface area contributed by atoms with Crippen molar-refractivity contribution in [1.82, 2.24) is 19.6 Å². The van der Waals surface area contributed by atoms with Crippen LogP contribution in [0.25, 0.3) is 0 Å². The Labute approximate surface area is 159 Å². The minimum absolute atomic E-state index is 0.103. The SMILES string of the molecule is CCCNS(=O)(=O)c1ccc(C(=O)N2CCN(c3ncccn3)CC2)cc1. The summed E-state index contributed by atoms with van der Waals surface area (Å²) in [6.07, 6.45) is 4.12. The highest BCUT2D eigenvalue weighted by molar-refractivity contribution is 7.89. The van der Waals surface area contributed by atoms with Crippen molar-refractivity contribution in [1.29, 1.82) is 0 Å². The number of carbonyl (C=O) groups excluding carboxylic acids is 1. The summed E-state index contributed by atoms with van der Waals surface area (Å²) < 4.78 is 26.8. The van der Waals surface area contributed by atoms with Crippen molar-refractivity contribution in [2.45, 2.75) is 18.2 Å². The van der Waals surface area contributed by atoms with Gasteiger partial charge in [-0.25, -0.2) is 23.1 Å². The highest BCUT2D eigenvalue weighted by Gasteiger charge is 2.23. The second kappa shape index (κ2) is 8.45. The molecule has 1 aromatic heterocycles. The van der Waals surface area contributed by atoms with Gasteiger partial charge in [-0.2, -0.15) is 0 Å². The molecular formula is C18H23N5O3S. The lowest BCUT2D eigenvalue weighted by Gasteiger charge is -2.34. The Kier molecular flexibility index (Phi) is 6.02. The number of rotatable bonds is 6. The normalized spacial score (nSPS) is 15.0. The fourth-order valence-electron chi connectivity index (χ4n) is 2.84. The van der Waals surface area contributed by atoms with E-state index in [0.29, 0.717) is 44.2 Å². The van der Waals surface area contributed by atoms with E-state index < -0.39 is 10.0 Å². The molecule has 1 N–H and O–H groups in total. The molecule has 0 spiro atoms. The van der Waals surface area contributed by atoms with Crippen molar-refractivity contribution in [2.75, 3.05) is 37.6 Å². The maximum absolute atomic E-state index is 12.7. The lowest BCUT2D eigenvalue weighted by Crippen LogP contribution is -2.49. The number of hydrogen-bond donors (Lipinski definition) is 1. The zero-order valence-electron chi connectivity index (χ0n) is 15.2. The molecule has 0 atom stereocenters. The number of nitrogens with one attached hydrogen (secondary N) is 1. The van der Waals surface area contributed by atoms with Gasteiger partial charge < -0.3 is 9.80 Å². The predicted octanol–water partition coefficient (Wildman–Crippen LogP) is 1.13. The molecule has 8 nitrogen and oxygen atoms in total. The van der Waals surface area contributed by atoms with Gasteiger partial charge in [0.25, 0.3) is 5.91 Å². The number of anilines is 1. The van der Waals surface area contributed by atoms with Crippen LogP contribution in [0, 0.1) is 0 Å². The van der Waals surface area contributed by atoms with Gasteiger partial charge >= 0.3 is 0 Å². The van der Waals surface area contributed by atoms with Crippen LogP contribution < -0.4 is 9.62 Å². The maximum Gasteiger partial charge on any atom is 0.253 e. The number of piperazine rings is 1. The third kappa shape index (κ3) is 4.61. The number of sulfonamides is 1. The lowest BCUT2D eigenvalue weighted by atomic mass is 10.2. The first-order chi connectivity index (χ1) is 13.0. The first-order valence-electron chi connectivity index (χ1n) is 8.92. The van der Waals surface area contributed by atoms with Crippen molar-refractivity contribution in [2.24, 2.45) is 0 Å². The number of amides is 1. The predicted molar refractivity (Wildman–Crippen MR) is 102 cm³/mol. The molecule has 1 fully saturated rings. The minimum Gasteiger partial charge on any atom is -0.337 e. The Bertz CT molecular complexity index is 864. The molecular weight excluding hydrogens is 366 g/mol. The molecule has 0 bridgehead atoms. The molecule has 1 amide bonds. The minimum atomic E-state index is -3.52. The summed E-state index contributed by atoms with van der Waals surface area (Å²) in [5.74, 6) is 0.563. The topological polar surface area (TPSA) is 95.5 Å². The zero-order valence-corrected chi connectivity index (χ0v) is 16.0. The molecule has 9 heteroatoms. The number of carbonyl (C=O) groups is 1. The number of hydrogen-bond acceptors (Lipinski definition) is 6. The molecule has 1 aliphatic heterocycles. The van der Waals surface area contributed by atoms with Crippen LogP contribution in [0.4, 0.5) is 5.95 Å². The van der Waals surface area contributed by atoms with Crippen LogP contribution in [0.5, 0.6) is 0 Å². The molecule has 27 heavy (non-hydrogen) atoms. The fourth-order valence-corrected chi connectivity index (χ4v) is 3.98. The van der Waals surface area contributed by atoms with E-state index in [9.17, 15) is 13.2 Å². The molecule has 0 unspecified atom stereocenters. The van der Waals surface area contributed by atoms with E-state index in [1.807, 2.05) is 11.8 Å². The third-order valence-electron chi connectivity index (χ3n) is 4.36. The lowest BCUT2D eigenvalue weighted by molar-refractivity contribution is 0.0746. The van der Waals surface area contributed by atoms with Crippen molar-refractivity contribution in [3.8, 4) is 0 Å². The summed E-state index contributed by atoms with van der Waals surface area (Å²) in [6, 6.07) is 7.84.